The SMILES string of the molecule is Cc1cc(F)ccc1C(CCOCCN1CCC[C@@H](C(=O)O)C1)c1ccc(F)cc1C. The van der Waals surface area contributed by atoms with Crippen LogP contribution in [-0.4, -0.2) is 48.8 Å². The Balaban J connectivity index is 1.61. The summed E-state index contributed by atoms with van der Waals surface area (Å²) in [5.74, 6) is -1.58. The highest BCUT2D eigenvalue weighted by Gasteiger charge is 2.25. The minimum Gasteiger partial charge on any atom is -0.481 e. The number of carboxylic acids is 1. The lowest BCUT2D eigenvalue weighted by molar-refractivity contribution is -0.143. The van der Waals surface area contributed by atoms with Crippen molar-refractivity contribution in [1.29, 1.82) is 0 Å². The van der Waals surface area contributed by atoms with E-state index in [-0.39, 0.29) is 23.5 Å². The number of ether oxygens (including phenoxy) is 1. The van der Waals surface area contributed by atoms with E-state index in [0.29, 0.717) is 32.7 Å². The molecule has 31 heavy (non-hydrogen) atoms. The van der Waals surface area contributed by atoms with Gasteiger partial charge in [-0.15, -0.1) is 0 Å². The molecule has 2 aromatic carbocycles. The molecule has 1 fully saturated rings. The molecule has 1 aliphatic heterocycles. The molecule has 0 saturated carbocycles. The number of aryl methyl sites for hydroxylation is 2. The van der Waals surface area contributed by atoms with Crippen molar-refractivity contribution in [1.82, 2.24) is 4.90 Å². The summed E-state index contributed by atoms with van der Waals surface area (Å²) in [6, 6.07) is 9.58. The minimum atomic E-state index is -0.724. The van der Waals surface area contributed by atoms with Gasteiger partial charge in [-0.25, -0.2) is 8.78 Å². The first-order valence-corrected chi connectivity index (χ1v) is 10.9. The predicted molar refractivity (Wildman–Crippen MR) is 116 cm³/mol. The van der Waals surface area contributed by atoms with E-state index >= 15 is 0 Å². The molecule has 1 saturated heterocycles. The van der Waals surface area contributed by atoms with Crippen LogP contribution in [-0.2, 0) is 9.53 Å². The Labute approximate surface area is 182 Å². The lowest BCUT2D eigenvalue weighted by atomic mass is 9.84. The van der Waals surface area contributed by atoms with Gasteiger partial charge in [0.1, 0.15) is 11.6 Å². The molecule has 0 radical (unpaired) electrons. The van der Waals surface area contributed by atoms with Crippen LogP contribution in [0.15, 0.2) is 36.4 Å². The summed E-state index contributed by atoms with van der Waals surface area (Å²) in [6.07, 6.45) is 2.33. The fourth-order valence-electron chi connectivity index (χ4n) is 4.50. The maximum atomic E-state index is 13.6. The zero-order valence-corrected chi connectivity index (χ0v) is 18.2. The second-order valence-corrected chi connectivity index (χ2v) is 8.43. The van der Waals surface area contributed by atoms with Crippen molar-refractivity contribution >= 4 is 5.97 Å². The average Bonchev–Trinajstić information content (AvgIpc) is 2.72. The van der Waals surface area contributed by atoms with Gasteiger partial charge >= 0.3 is 5.97 Å². The molecule has 3 rings (SSSR count). The number of benzene rings is 2. The van der Waals surface area contributed by atoms with Gasteiger partial charge in [0, 0.05) is 25.6 Å². The molecule has 0 amide bonds. The monoisotopic (exact) mass is 431 g/mol. The quantitative estimate of drug-likeness (QED) is 0.573. The molecule has 0 aliphatic carbocycles. The lowest BCUT2D eigenvalue weighted by Gasteiger charge is -2.30. The normalized spacial score (nSPS) is 17.3. The third-order valence-corrected chi connectivity index (χ3v) is 6.17. The molecule has 0 bridgehead atoms. The maximum Gasteiger partial charge on any atom is 0.307 e. The summed E-state index contributed by atoms with van der Waals surface area (Å²) in [6.45, 7) is 7.00. The zero-order valence-electron chi connectivity index (χ0n) is 18.2. The van der Waals surface area contributed by atoms with Crippen LogP contribution in [0.4, 0.5) is 8.78 Å². The first kappa shape index (κ1) is 23.4. The third-order valence-electron chi connectivity index (χ3n) is 6.17. The van der Waals surface area contributed by atoms with E-state index in [2.05, 4.69) is 4.90 Å². The van der Waals surface area contributed by atoms with Gasteiger partial charge in [0.2, 0.25) is 0 Å². The Bertz CT molecular complexity index is 851. The number of carbonyl (C=O) groups is 1. The lowest BCUT2D eigenvalue weighted by Crippen LogP contribution is -2.40. The minimum absolute atomic E-state index is 0.0208. The van der Waals surface area contributed by atoms with Gasteiger partial charge < -0.3 is 14.7 Å². The van der Waals surface area contributed by atoms with E-state index in [1.54, 1.807) is 12.1 Å². The van der Waals surface area contributed by atoms with E-state index in [9.17, 15) is 18.7 Å². The zero-order chi connectivity index (χ0) is 22.4. The van der Waals surface area contributed by atoms with Crippen LogP contribution in [0.2, 0.25) is 0 Å². The fourth-order valence-corrected chi connectivity index (χ4v) is 4.50. The van der Waals surface area contributed by atoms with Crippen LogP contribution < -0.4 is 0 Å². The molecule has 4 nitrogen and oxygen atoms in total. The molecule has 168 valence electrons. The number of halogens is 2. The topological polar surface area (TPSA) is 49.8 Å². The van der Waals surface area contributed by atoms with E-state index in [4.69, 9.17) is 4.74 Å². The standard InChI is InChI=1S/C25H31F2NO3/c1-17-14-20(26)5-7-22(17)24(23-8-6-21(27)15-18(23)2)9-12-31-13-11-28-10-3-4-19(16-28)25(29)30/h5-8,14-15,19,24H,3-4,9-13,16H2,1-2H3,(H,29,30)/t19-/m1/s1. The molecular formula is C25H31F2NO3. The molecule has 0 aromatic heterocycles. The van der Waals surface area contributed by atoms with E-state index in [1.165, 1.54) is 24.3 Å². The molecule has 0 spiro atoms. The van der Waals surface area contributed by atoms with Crippen LogP contribution >= 0.6 is 0 Å². The Morgan fingerprint density at radius 1 is 1.10 bits per heavy atom. The maximum absolute atomic E-state index is 13.6. The summed E-state index contributed by atoms with van der Waals surface area (Å²) >= 11 is 0. The van der Waals surface area contributed by atoms with Crippen molar-refractivity contribution in [3.63, 3.8) is 0 Å². The Kier molecular flexibility index (Phi) is 8.15. The summed E-state index contributed by atoms with van der Waals surface area (Å²) in [7, 11) is 0. The van der Waals surface area contributed by atoms with Gasteiger partial charge in [-0.1, -0.05) is 12.1 Å². The smallest absolute Gasteiger partial charge is 0.307 e. The molecule has 1 N–H and O–H groups in total. The number of likely N-dealkylation sites (tertiary alicyclic amines) is 1. The van der Waals surface area contributed by atoms with E-state index < -0.39 is 5.97 Å². The second-order valence-electron chi connectivity index (χ2n) is 8.43. The average molecular weight is 432 g/mol. The molecule has 1 atom stereocenters. The third kappa shape index (κ3) is 6.34. The van der Waals surface area contributed by atoms with Crippen molar-refractivity contribution in [2.75, 3.05) is 32.8 Å². The van der Waals surface area contributed by atoms with Crippen molar-refractivity contribution in [3.8, 4) is 0 Å². The van der Waals surface area contributed by atoms with Gasteiger partial charge in [0.25, 0.3) is 0 Å². The van der Waals surface area contributed by atoms with Gasteiger partial charge in [-0.2, -0.15) is 0 Å². The molecule has 1 aliphatic rings. The molecule has 0 unspecified atom stereocenters. The van der Waals surface area contributed by atoms with Gasteiger partial charge in [0.15, 0.2) is 0 Å². The molecule has 6 heteroatoms. The van der Waals surface area contributed by atoms with Crippen molar-refractivity contribution in [2.45, 2.75) is 39.0 Å². The largest absolute Gasteiger partial charge is 0.481 e. The fraction of sp³-hybridized carbons (Fsp3) is 0.480. The Morgan fingerprint density at radius 2 is 1.71 bits per heavy atom. The summed E-state index contributed by atoms with van der Waals surface area (Å²) in [4.78, 5) is 13.4. The van der Waals surface area contributed by atoms with Gasteiger partial charge in [-0.05, 0) is 86.2 Å². The number of piperidine rings is 1. The van der Waals surface area contributed by atoms with E-state index in [1.807, 2.05) is 13.8 Å². The molecule has 2 aromatic rings. The highest BCUT2D eigenvalue weighted by Crippen LogP contribution is 2.33. The highest BCUT2D eigenvalue weighted by molar-refractivity contribution is 5.70. The van der Waals surface area contributed by atoms with Crippen molar-refractivity contribution in [3.05, 3.63) is 70.3 Å². The van der Waals surface area contributed by atoms with E-state index in [0.717, 1.165) is 41.6 Å². The summed E-state index contributed by atoms with van der Waals surface area (Å²) in [5, 5.41) is 9.22. The van der Waals surface area contributed by atoms with Gasteiger partial charge in [-0.3, -0.25) is 4.79 Å². The van der Waals surface area contributed by atoms with Crippen LogP contribution in [0.3, 0.4) is 0 Å². The molecular weight excluding hydrogens is 400 g/mol. The highest BCUT2D eigenvalue weighted by atomic mass is 19.1. The number of hydrogen-bond acceptors (Lipinski definition) is 3. The van der Waals surface area contributed by atoms with Crippen molar-refractivity contribution in [2.24, 2.45) is 5.92 Å². The number of aliphatic carboxylic acids is 1. The second kappa shape index (κ2) is 10.8. The van der Waals surface area contributed by atoms with Crippen LogP contribution in [0.25, 0.3) is 0 Å². The Hall–Kier alpha value is -2.31. The Morgan fingerprint density at radius 3 is 2.26 bits per heavy atom. The van der Waals surface area contributed by atoms with Crippen LogP contribution in [0.1, 0.15) is 47.4 Å². The summed E-state index contributed by atoms with van der Waals surface area (Å²) < 4.78 is 33.2. The van der Waals surface area contributed by atoms with Crippen LogP contribution in [0.5, 0.6) is 0 Å². The molecule has 1 heterocycles. The number of rotatable bonds is 9. The first-order chi connectivity index (χ1) is 14.8. The van der Waals surface area contributed by atoms with Gasteiger partial charge in [0.05, 0.1) is 12.5 Å². The first-order valence-electron chi connectivity index (χ1n) is 10.9. The number of carboxylic acid groups (broad SMARTS) is 1. The number of nitrogens with zero attached hydrogens (tertiary/aromatic N) is 1. The van der Waals surface area contributed by atoms with Crippen molar-refractivity contribution < 1.29 is 23.4 Å². The summed E-state index contributed by atoms with van der Waals surface area (Å²) in [5.41, 5.74) is 3.75. The predicted octanol–water partition coefficient (Wildman–Crippen LogP) is 4.92. The van der Waals surface area contributed by atoms with Crippen LogP contribution in [0, 0.1) is 31.4 Å². The number of hydrogen-bond donors (Lipinski definition) is 1.